The summed E-state index contributed by atoms with van der Waals surface area (Å²) < 4.78 is 1.04. The van der Waals surface area contributed by atoms with Gasteiger partial charge in [-0.2, -0.15) is 0 Å². The molecule has 0 radical (unpaired) electrons. The fourth-order valence-corrected chi connectivity index (χ4v) is 3.41. The van der Waals surface area contributed by atoms with Crippen molar-refractivity contribution in [2.45, 2.75) is 51.5 Å². The zero-order valence-electron chi connectivity index (χ0n) is 10.8. The zero-order valence-corrected chi connectivity index (χ0v) is 13.0. The summed E-state index contributed by atoms with van der Waals surface area (Å²) in [5.74, 6) is 0.0892. The molecule has 98 valence electrons. The number of carbonyl (C=O) groups excluding carboxylic acids is 1. The normalized spacial score (nSPS) is 17.2. The van der Waals surface area contributed by atoms with Gasteiger partial charge in [0.05, 0.1) is 5.56 Å². The van der Waals surface area contributed by atoms with E-state index in [-0.39, 0.29) is 5.91 Å². The van der Waals surface area contributed by atoms with Gasteiger partial charge in [0.1, 0.15) is 0 Å². The molecule has 1 aliphatic carbocycles. The van der Waals surface area contributed by atoms with Crippen LogP contribution >= 0.6 is 22.6 Å². The number of hydrogen-bond acceptors (Lipinski definition) is 1. The first kappa shape index (κ1) is 13.8. The maximum atomic E-state index is 12.2. The highest BCUT2D eigenvalue weighted by Crippen LogP contribution is 2.19. The molecule has 1 amide bonds. The van der Waals surface area contributed by atoms with E-state index in [0.717, 1.165) is 22.0 Å². The Kier molecular flexibility index (Phi) is 5.03. The van der Waals surface area contributed by atoms with E-state index in [1.54, 1.807) is 0 Å². The van der Waals surface area contributed by atoms with E-state index in [4.69, 9.17) is 0 Å². The van der Waals surface area contributed by atoms with Gasteiger partial charge >= 0.3 is 0 Å². The van der Waals surface area contributed by atoms with Gasteiger partial charge in [-0.05, 0) is 54.5 Å². The van der Waals surface area contributed by atoms with Gasteiger partial charge in [-0.15, -0.1) is 0 Å². The van der Waals surface area contributed by atoms with Crippen molar-refractivity contribution in [3.8, 4) is 0 Å². The van der Waals surface area contributed by atoms with Crippen LogP contribution in [-0.2, 0) is 0 Å². The Morgan fingerprint density at radius 3 is 2.50 bits per heavy atom. The van der Waals surface area contributed by atoms with Crippen LogP contribution in [0.1, 0.15) is 54.4 Å². The third kappa shape index (κ3) is 3.70. The standard InChI is InChI=1S/C15H20INO/c1-11-8-9-13(14(16)10-11)15(18)17-12-6-4-2-3-5-7-12/h8-10,12H,2-7H2,1H3,(H,17,18). The minimum absolute atomic E-state index is 0.0892. The van der Waals surface area contributed by atoms with Crippen LogP contribution < -0.4 is 5.32 Å². The van der Waals surface area contributed by atoms with Crippen LogP contribution in [0, 0.1) is 10.5 Å². The average molecular weight is 357 g/mol. The maximum absolute atomic E-state index is 12.2. The lowest BCUT2D eigenvalue weighted by molar-refractivity contribution is 0.0932. The lowest BCUT2D eigenvalue weighted by Gasteiger charge is -2.16. The number of rotatable bonds is 2. The van der Waals surface area contributed by atoms with E-state index in [9.17, 15) is 4.79 Å². The highest BCUT2D eigenvalue weighted by molar-refractivity contribution is 14.1. The van der Waals surface area contributed by atoms with E-state index in [0.29, 0.717) is 6.04 Å². The van der Waals surface area contributed by atoms with Crippen molar-refractivity contribution in [3.63, 3.8) is 0 Å². The molecule has 3 heteroatoms. The number of nitrogens with one attached hydrogen (secondary N) is 1. The van der Waals surface area contributed by atoms with Crippen LogP contribution in [0.25, 0.3) is 0 Å². The molecule has 1 aliphatic rings. The van der Waals surface area contributed by atoms with Crippen molar-refractivity contribution in [2.24, 2.45) is 0 Å². The van der Waals surface area contributed by atoms with Crippen LogP contribution in [0.2, 0.25) is 0 Å². The second kappa shape index (κ2) is 6.55. The van der Waals surface area contributed by atoms with E-state index >= 15 is 0 Å². The monoisotopic (exact) mass is 357 g/mol. The smallest absolute Gasteiger partial charge is 0.252 e. The lowest BCUT2D eigenvalue weighted by atomic mass is 10.1. The zero-order chi connectivity index (χ0) is 13.0. The molecule has 0 heterocycles. The predicted octanol–water partition coefficient (Wildman–Crippen LogP) is 4.05. The SMILES string of the molecule is Cc1ccc(C(=O)NC2CCCCCC2)c(I)c1. The van der Waals surface area contributed by atoms with Crippen molar-refractivity contribution < 1.29 is 4.79 Å². The second-order valence-corrected chi connectivity index (χ2v) is 6.31. The number of amides is 1. The van der Waals surface area contributed by atoms with Gasteiger partial charge in [0.25, 0.3) is 5.91 Å². The van der Waals surface area contributed by atoms with E-state index < -0.39 is 0 Å². The molecule has 0 atom stereocenters. The molecule has 0 bridgehead atoms. The van der Waals surface area contributed by atoms with E-state index in [1.165, 1.54) is 31.2 Å². The van der Waals surface area contributed by atoms with Crippen LogP contribution in [0.4, 0.5) is 0 Å². The molecule has 1 fully saturated rings. The second-order valence-electron chi connectivity index (χ2n) is 5.15. The van der Waals surface area contributed by atoms with E-state index in [1.807, 2.05) is 12.1 Å². The van der Waals surface area contributed by atoms with Crippen molar-refractivity contribution in [2.75, 3.05) is 0 Å². The highest BCUT2D eigenvalue weighted by atomic mass is 127. The molecule has 0 saturated heterocycles. The van der Waals surface area contributed by atoms with Gasteiger partial charge in [0.2, 0.25) is 0 Å². The topological polar surface area (TPSA) is 29.1 Å². The number of benzene rings is 1. The number of hydrogen-bond donors (Lipinski definition) is 1. The molecule has 18 heavy (non-hydrogen) atoms. The summed E-state index contributed by atoms with van der Waals surface area (Å²) in [7, 11) is 0. The lowest BCUT2D eigenvalue weighted by Crippen LogP contribution is -2.34. The highest BCUT2D eigenvalue weighted by Gasteiger charge is 2.17. The minimum Gasteiger partial charge on any atom is -0.349 e. The number of aryl methyl sites for hydroxylation is 1. The average Bonchev–Trinajstić information content (AvgIpc) is 2.57. The summed E-state index contributed by atoms with van der Waals surface area (Å²) >= 11 is 2.24. The van der Waals surface area contributed by atoms with Crippen molar-refractivity contribution in [1.82, 2.24) is 5.32 Å². The predicted molar refractivity (Wildman–Crippen MR) is 82.9 cm³/mol. The first-order chi connectivity index (χ1) is 8.66. The Labute approximate surface area is 123 Å². The van der Waals surface area contributed by atoms with Gasteiger partial charge in [-0.3, -0.25) is 4.79 Å². The summed E-state index contributed by atoms with van der Waals surface area (Å²) in [6.45, 7) is 2.05. The Hall–Kier alpha value is -0.580. The van der Waals surface area contributed by atoms with Crippen molar-refractivity contribution in [3.05, 3.63) is 32.9 Å². The molecule has 1 aromatic rings. The molecular formula is C15H20INO. The van der Waals surface area contributed by atoms with Crippen LogP contribution in [0.5, 0.6) is 0 Å². The first-order valence-corrected chi connectivity index (χ1v) is 7.82. The largest absolute Gasteiger partial charge is 0.349 e. The molecular weight excluding hydrogens is 337 g/mol. The Balaban J connectivity index is 2.02. The Morgan fingerprint density at radius 2 is 1.89 bits per heavy atom. The number of carbonyl (C=O) groups is 1. The molecule has 2 rings (SSSR count). The first-order valence-electron chi connectivity index (χ1n) is 6.74. The minimum atomic E-state index is 0.0892. The van der Waals surface area contributed by atoms with Crippen LogP contribution in [-0.4, -0.2) is 11.9 Å². The van der Waals surface area contributed by atoms with Crippen LogP contribution in [0.3, 0.4) is 0 Å². The summed E-state index contributed by atoms with van der Waals surface area (Å²) in [5.41, 5.74) is 2.01. The molecule has 0 unspecified atom stereocenters. The molecule has 2 nitrogen and oxygen atoms in total. The third-order valence-electron chi connectivity index (χ3n) is 3.56. The van der Waals surface area contributed by atoms with Gasteiger partial charge in [-0.1, -0.05) is 37.3 Å². The third-order valence-corrected chi connectivity index (χ3v) is 4.45. The summed E-state index contributed by atoms with van der Waals surface area (Å²) in [6, 6.07) is 6.37. The molecule has 1 aromatic carbocycles. The van der Waals surface area contributed by atoms with Gasteiger partial charge in [-0.25, -0.2) is 0 Å². The van der Waals surface area contributed by atoms with Crippen molar-refractivity contribution >= 4 is 28.5 Å². The summed E-state index contributed by atoms with van der Waals surface area (Å²) in [4.78, 5) is 12.2. The summed E-state index contributed by atoms with van der Waals surface area (Å²) in [6.07, 6.45) is 7.39. The van der Waals surface area contributed by atoms with Gasteiger partial charge in [0.15, 0.2) is 0 Å². The van der Waals surface area contributed by atoms with Gasteiger partial charge in [0, 0.05) is 9.61 Å². The van der Waals surface area contributed by atoms with Crippen LogP contribution in [0.15, 0.2) is 18.2 Å². The Bertz CT molecular complexity index is 423. The molecule has 0 spiro atoms. The number of halogens is 1. The van der Waals surface area contributed by atoms with Crippen molar-refractivity contribution in [1.29, 1.82) is 0 Å². The fraction of sp³-hybridized carbons (Fsp3) is 0.533. The maximum Gasteiger partial charge on any atom is 0.252 e. The molecule has 0 aromatic heterocycles. The summed E-state index contributed by atoms with van der Waals surface area (Å²) in [5, 5.41) is 3.19. The molecule has 1 saturated carbocycles. The van der Waals surface area contributed by atoms with Gasteiger partial charge < -0.3 is 5.32 Å². The molecule has 0 aliphatic heterocycles. The fourth-order valence-electron chi connectivity index (χ4n) is 2.49. The van der Waals surface area contributed by atoms with E-state index in [2.05, 4.69) is 40.9 Å². The Morgan fingerprint density at radius 1 is 1.22 bits per heavy atom. The molecule has 1 N–H and O–H groups in total. The quantitative estimate of drug-likeness (QED) is 0.628.